The highest BCUT2D eigenvalue weighted by molar-refractivity contribution is 5.63. The average molecular weight is 367 g/mol. The van der Waals surface area contributed by atoms with Crippen molar-refractivity contribution in [3.63, 3.8) is 0 Å². The maximum Gasteiger partial charge on any atom is 0.258 e. The van der Waals surface area contributed by atoms with E-state index < -0.39 is 0 Å². The highest BCUT2D eigenvalue weighted by Gasteiger charge is 2.14. The van der Waals surface area contributed by atoms with E-state index >= 15 is 0 Å². The van der Waals surface area contributed by atoms with E-state index in [0.29, 0.717) is 18.0 Å². The predicted molar refractivity (Wildman–Crippen MR) is 110 cm³/mol. The molecule has 6 heteroatoms. The maximum absolute atomic E-state index is 5.86. The Hall–Kier alpha value is -2.73. The lowest BCUT2D eigenvalue weighted by molar-refractivity contribution is 0.305. The molecule has 2 aromatic heterocycles. The number of hydrogen-bond donors (Lipinski definition) is 1. The van der Waals surface area contributed by atoms with Crippen LogP contribution in [0.1, 0.15) is 37.6 Å². The van der Waals surface area contributed by atoms with Crippen LogP contribution >= 0.6 is 0 Å². The Morgan fingerprint density at radius 1 is 1.41 bits per heavy atom. The Morgan fingerprint density at radius 2 is 2.19 bits per heavy atom. The molecule has 2 aromatic rings. The molecule has 0 aliphatic carbocycles. The van der Waals surface area contributed by atoms with Gasteiger partial charge >= 0.3 is 0 Å². The van der Waals surface area contributed by atoms with Crippen molar-refractivity contribution in [2.75, 3.05) is 20.2 Å². The lowest BCUT2D eigenvalue weighted by atomic mass is 10.0. The molecule has 2 heterocycles. The van der Waals surface area contributed by atoms with Gasteiger partial charge in [-0.3, -0.25) is 9.98 Å². The van der Waals surface area contributed by atoms with E-state index in [2.05, 4.69) is 48.4 Å². The van der Waals surface area contributed by atoms with Gasteiger partial charge in [0, 0.05) is 37.2 Å². The zero-order valence-electron chi connectivity index (χ0n) is 16.7. The fourth-order valence-corrected chi connectivity index (χ4v) is 2.77. The van der Waals surface area contributed by atoms with Crippen LogP contribution in [0.5, 0.6) is 5.88 Å². The molecule has 0 aliphatic rings. The molecule has 0 saturated carbocycles. The number of aryl methyl sites for hydroxylation is 1. The van der Waals surface area contributed by atoms with E-state index in [-0.39, 0.29) is 6.04 Å². The van der Waals surface area contributed by atoms with Gasteiger partial charge < -0.3 is 14.6 Å². The van der Waals surface area contributed by atoms with Gasteiger partial charge in [-0.25, -0.2) is 4.98 Å². The zero-order chi connectivity index (χ0) is 19.8. The molecular formula is C21H29N5O. The minimum Gasteiger partial charge on any atom is -0.475 e. The third-order valence-electron chi connectivity index (χ3n) is 4.24. The summed E-state index contributed by atoms with van der Waals surface area (Å²) >= 11 is 0. The fourth-order valence-electron chi connectivity index (χ4n) is 2.77. The summed E-state index contributed by atoms with van der Waals surface area (Å²) < 4.78 is 7.69. The van der Waals surface area contributed by atoms with Gasteiger partial charge in [-0.1, -0.05) is 19.6 Å². The van der Waals surface area contributed by atoms with Crippen LogP contribution in [-0.4, -0.2) is 34.7 Å². The molecule has 6 nitrogen and oxygen atoms in total. The van der Waals surface area contributed by atoms with Crippen LogP contribution in [0.2, 0.25) is 0 Å². The first-order valence-corrected chi connectivity index (χ1v) is 9.18. The van der Waals surface area contributed by atoms with Crippen molar-refractivity contribution in [3.05, 3.63) is 54.4 Å². The Labute approximate surface area is 161 Å². The number of pyridine rings is 1. The standard InChI is InChI=1S/C21H29N5O/c1-7-10-11-27-21-20(22-6)26(9-3)14-19(25-21)17-12-18(16(5)23-8-2)24-13-15(17)4/h7,9,12-14,16,23H,1,3,8,10-11H2,2,4-6H3. The predicted octanol–water partition coefficient (Wildman–Crippen LogP) is 3.51. The van der Waals surface area contributed by atoms with Crippen LogP contribution in [-0.2, 0) is 0 Å². The smallest absolute Gasteiger partial charge is 0.258 e. The van der Waals surface area contributed by atoms with Crippen LogP contribution in [0.15, 0.2) is 42.7 Å². The van der Waals surface area contributed by atoms with Gasteiger partial charge in [0.2, 0.25) is 0 Å². The molecule has 27 heavy (non-hydrogen) atoms. The molecule has 0 fully saturated rings. The molecule has 0 bridgehead atoms. The first-order chi connectivity index (χ1) is 13.0. The van der Waals surface area contributed by atoms with Gasteiger partial charge in [0.25, 0.3) is 5.88 Å². The van der Waals surface area contributed by atoms with Crippen LogP contribution in [0.4, 0.5) is 0 Å². The van der Waals surface area contributed by atoms with Crippen LogP contribution in [0.3, 0.4) is 0 Å². The minimum absolute atomic E-state index is 0.161. The molecule has 0 aromatic carbocycles. The van der Waals surface area contributed by atoms with Crippen molar-refractivity contribution in [3.8, 4) is 17.1 Å². The molecular weight excluding hydrogens is 338 g/mol. The summed E-state index contributed by atoms with van der Waals surface area (Å²) in [4.78, 5) is 13.6. The Kier molecular flexibility index (Phi) is 7.49. The third kappa shape index (κ3) is 4.92. The van der Waals surface area contributed by atoms with E-state index in [1.807, 2.05) is 30.0 Å². The molecule has 0 saturated heterocycles. The Bertz CT molecular complexity index is 869. The van der Waals surface area contributed by atoms with Crippen molar-refractivity contribution < 1.29 is 4.74 Å². The maximum atomic E-state index is 5.86. The second kappa shape index (κ2) is 9.83. The normalized spacial score (nSPS) is 12.7. The minimum atomic E-state index is 0.161. The van der Waals surface area contributed by atoms with Gasteiger partial charge in [0.1, 0.15) is 0 Å². The largest absolute Gasteiger partial charge is 0.475 e. The van der Waals surface area contributed by atoms with Gasteiger partial charge in [0.15, 0.2) is 5.49 Å². The van der Waals surface area contributed by atoms with E-state index in [0.717, 1.165) is 35.5 Å². The molecule has 0 spiro atoms. The van der Waals surface area contributed by atoms with E-state index in [9.17, 15) is 0 Å². The first-order valence-electron chi connectivity index (χ1n) is 9.18. The molecule has 1 N–H and O–H groups in total. The topological polar surface area (TPSA) is 64.3 Å². The molecule has 2 rings (SSSR count). The summed E-state index contributed by atoms with van der Waals surface area (Å²) in [6.07, 6.45) is 8.05. The summed E-state index contributed by atoms with van der Waals surface area (Å²) in [7, 11) is 1.71. The number of aromatic nitrogens is 3. The lowest BCUT2D eigenvalue weighted by Crippen LogP contribution is -2.22. The van der Waals surface area contributed by atoms with Crippen molar-refractivity contribution in [1.29, 1.82) is 0 Å². The number of nitrogens with zero attached hydrogens (tertiary/aromatic N) is 4. The monoisotopic (exact) mass is 367 g/mol. The third-order valence-corrected chi connectivity index (χ3v) is 4.24. The van der Waals surface area contributed by atoms with Crippen LogP contribution in [0, 0.1) is 6.92 Å². The Balaban J connectivity index is 2.57. The molecule has 144 valence electrons. The van der Waals surface area contributed by atoms with E-state index in [4.69, 9.17) is 9.72 Å². The second-order valence-electron chi connectivity index (χ2n) is 6.20. The number of rotatable bonds is 9. The van der Waals surface area contributed by atoms with Gasteiger partial charge in [-0.15, -0.1) is 6.58 Å². The molecule has 0 radical (unpaired) electrons. The summed E-state index contributed by atoms with van der Waals surface area (Å²) in [5, 5.41) is 3.39. The van der Waals surface area contributed by atoms with E-state index in [1.54, 1.807) is 13.2 Å². The van der Waals surface area contributed by atoms with Crippen LogP contribution in [0.25, 0.3) is 17.5 Å². The van der Waals surface area contributed by atoms with E-state index in [1.165, 1.54) is 0 Å². The van der Waals surface area contributed by atoms with Crippen molar-refractivity contribution in [1.82, 2.24) is 19.9 Å². The average Bonchev–Trinajstić information content (AvgIpc) is 2.68. The second-order valence-corrected chi connectivity index (χ2v) is 6.20. The quantitative estimate of drug-likeness (QED) is 0.544. The summed E-state index contributed by atoms with van der Waals surface area (Å²) in [5.41, 5.74) is 4.45. The Morgan fingerprint density at radius 3 is 2.81 bits per heavy atom. The number of ether oxygens (including phenoxy) is 1. The lowest BCUT2D eigenvalue weighted by Gasteiger charge is -2.16. The summed E-state index contributed by atoms with van der Waals surface area (Å²) in [6.45, 7) is 15.2. The molecule has 0 amide bonds. The van der Waals surface area contributed by atoms with Gasteiger partial charge in [-0.2, -0.15) is 0 Å². The molecule has 0 aliphatic heterocycles. The van der Waals surface area contributed by atoms with Crippen molar-refractivity contribution >= 4 is 6.20 Å². The highest BCUT2D eigenvalue weighted by Crippen LogP contribution is 2.24. The first kappa shape index (κ1) is 20.6. The van der Waals surface area contributed by atoms with Gasteiger partial charge in [-0.05, 0) is 38.4 Å². The number of hydrogen-bond acceptors (Lipinski definition) is 5. The SMILES string of the molecule is C=CCCOc1nc(-c2cc(C(C)NCC)ncc2C)cn(C=C)c1=NC. The van der Waals surface area contributed by atoms with Crippen molar-refractivity contribution in [2.24, 2.45) is 4.99 Å². The fraction of sp³-hybridized carbons (Fsp3) is 0.381. The number of nitrogens with one attached hydrogen (secondary N) is 1. The molecule has 1 atom stereocenters. The zero-order valence-corrected chi connectivity index (χ0v) is 16.7. The summed E-state index contributed by atoms with van der Waals surface area (Å²) in [5.74, 6) is 0.481. The van der Waals surface area contributed by atoms with Gasteiger partial charge in [0.05, 0.1) is 18.0 Å². The van der Waals surface area contributed by atoms with Crippen molar-refractivity contribution in [2.45, 2.75) is 33.2 Å². The molecule has 1 unspecified atom stereocenters. The van der Waals surface area contributed by atoms with Crippen LogP contribution < -0.4 is 15.5 Å². The highest BCUT2D eigenvalue weighted by atomic mass is 16.5. The summed E-state index contributed by atoms with van der Waals surface area (Å²) in [6, 6.07) is 2.24.